The third-order valence-corrected chi connectivity index (χ3v) is 3.22. The molecule has 0 aliphatic rings. The average molecular weight is 308 g/mol. The minimum absolute atomic E-state index is 0.205. The number of hydrogen-bond acceptors (Lipinski definition) is 3. The van der Waals surface area contributed by atoms with Crippen LogP contribution in [0.5, 0.6) is 5.75 Å². The standard InChI is InChI=1S/C15H11Cl2NO2/c16-13-5-12(8-19)15(14(17)6-13)20-9-11-3-1-10(7-18)2-4-11/h1-6,19H,8-9H2. The number of ether oxygens (including phenoxy) is 1. The van der Waals surface area contributed by atoms with Crippen molar-refractivity contribution in [1.82, 2.24) is 0 Å². The molecule has 2 aromatic carbocycles. The second kappa shape index (κ2) is 6.62. The number of benzene rings is 2. The molecule has 2 aromatic rings. The number of aliphatic hydroxyl groups excluding tert-OH is 1. The van der Waals surface area contributed by atoms with Crippen molar-refractivity contribution in [3.63, 3.8) is 0 Å². The van der Waals surface area contributed by atoms with Crippen molar-refractivity contribution in [2.75, 3.05) is 0 Å². The van der Waals surface area contributed by atoms with Gasteiger partial charge in [-0.25, -0.2) is 0 Å². The van der Waals surface area contributed by atoms with Gasteiger partial charge in [0.2, 0.25) is 0 Å². The maximum absolute atomic E-state index is 9.30. The highest BCUT2D eigenvalue weighted by Gasteiger charge is 2.10. The van der Waals surface area contributed by atoms with Crippen molar-refractivity contribution in [2.24, 2.45) is 0 Å². The summed E-state index contributed by atoms with van der Waals surface area (Å²) in [5, 5.41) is 18.8. The summed E-state index contributed by atoms with van der Waals surface area (Å²) in [6.07, 6.45) is 0. The Labute approximate surface area is 126 Å². The van der Waals surface area contributed by atoms with E-state index < -0.39 is 0 Å². The topological polar surface area (TPSA) is 53.2 Å². The summed E-state index contributed by atoms with van der Waals surface area (Å²) >= 11 is 11.9. The van der Waals surface area contributed by atoms with E-state index in [9.17, 15) is 5.11 Å². The molecule has 5 heteroatoms. The zero-order chi connectivity index (χ0) is 14.5. The minimum atomic E-state index is -0.205. The van der Waals surface area contributed by atoms with Gasteiger partial charge in [-0.05, 0) is 29.8 Å². The predicted molar refractivity (Wildman–Crippen MR) is 77.9 cm³/mol. The Morgan fingerprint density at radius 1 is 1.15 bits per heavy atom. The third-order valence-electron chi connectivity index (χ3n) is 2.72. The number of nitriles is 1. The maximum atomic E-state index is 9.30. The Morgan fingerprint density at radius 2 is 1.85 bits per heavy atom. The first-order valence-electron chi connectivity index (χ1n) is 5.84. The molecule has 0 bridgehead atoms. The Hall–Kier alpha value is -1.73. The van der Waals surface area contributed by atoms with Crippen LogP contribution in [0.15, 0.2) is 36.4 Å². The van der Waals surface area contributed by atoms with Crippen LogP contribution in [0.1, 0.15) is 16.7 Å². The maximum Gasteiger partial charge on any atom is 0.144 e. The van der Waals surface area contributed by atoms with Crippen LogP contribution in [0.25, 0.3) is 0 Å². The first-order valence-corrected chi connectivity index (χ1v) is 6.60. The highest BCUT2D eigenvalue weighted by molar-refractivity contribution is 6.35. The largest absolute Gasteiger partial charge is 0.487 e. The van der Waals surface area contributed by atoms with Gasteiger partial charge in [0, 0.05) is 10.6 Å². The smallest absolute Gasteiger partial charge is 0.144 e. The van der Waals surface area contributed by atoms with Gasteiger partial charge in [-0.2, -0.15) is 5.26 Å². The van der Waals surface area contributed by atoms with Gasteiger partial charge >= 0.3 is 0 Å². The first-order chi connectivity index (χ1) is 9.63. The van der Waals surface area contributed by atoms with Gasteiger partial charge in [0.05, 0.1) is 23.3 Å². The molecule has 0 unspecified atom stereocenters. The van der Waals surface area contributed by atoms with Crippen LogP contribution in [0, 0.1) is 11.3 Å². The van der Waals surface area contributed by atoms with Crippen molar-refractivity contribution in [1.29, 1.82) is 5.26 Å². The lowest BCUT2D eigenvalue weighted by Crippen LogP contribution is -2.00. The zero-order valence-corrected chi connectivity index (χ0v) is 11.9. The van der Waals surface area contributed by atoms with Crippen LogP contribution in [0.2, 0.25) is 10.0 Å². The third kappa shape index (κ3) is 3.43. The van der Waals surface area contributed by atoms with Gasteiger partial charge in [0.15, 0.2) is 0 Å². The van der Waals surface area contributed by atoms with Gasteiger partial charge in [-0.1, -0.05) is 35.3 Å². The van der Waals surface area contributed by atoms with E-state index >= 15 is 0 Å². The summed E-state index contributed by atoms with van der Waals surface area (Å²) in [6.45, 7) is 0.0864. The lowest BCUT2D eigenvalue weighted by molar-refractivity contribution is 0.259. The second-order valence-corrected chi connectivity index (χ2v) is 4.98. The number of hydrogen-bond donors (Lipinski definition) is 1. The Morgan fingerprint density at radius 3 is 2.45 bits per heavy atom. The highest BCUT2D eigenvalue weighted by Crippen LogP contribution is 2.33. The molecule has 0 aliphatic heterocycles. The van der Waals surface area contributed by atoms with Crippen molar-refractivity contribution in [3.8, 4) is 11.8 Å². The number of nitrogens with zero attached hydrogens (tertiary/aromatic N) is 1. The molecule has 0 heterocycles. The fourth-order valence-electron chi connectivity index (χ4n) is 1.72. The number of halogens is 2. The SMILES string of the molecule is N#Cc1ccc(COc2c(Cl)cc(Cl)cc2CO)cc1. The van der Waals surface area contributed by atoms with E-state index in [1.165, 1.54) is 0 Å². The molecule has 0 amide bonds. The zero-order valence-electron chi connectivity index (χ0n) is 10.4. The van der Waals surface area contributed by atoms with Crippen molar-refractivity contribution < 1.29 is 9.84 Å². The molecule has 0 aliphatic carbocycles. The van der Waals surface area contributed by atoms with Crippen LogP contribution in [0.4, 0.5) is 0 Å². The average Bonchev–Trinajstić information content (AvgIpc) is 2.46. The van der Waals surface area contributed by atoms with E-state index in [4.69, 9.17) is 33.2 Å². The molecule has 0 spiro atoms. The lowest BCUT2D eigenvalue weighted by atomic mass is 10.1. The molecule has 102 valence electrons. The Bertz CT molecular complexity index is 648. The number of rotatable bonds is 4. The van der Waals surface area contributed by atoms with Crippen LogP contribution in [-0.2, 0) is 13.2 Å². The van der Waals surface area contributed by atoms with Crippen LogP contribution in [-0.4, -0.2) is 5.11 Å². The summed E-state index contributed by atoms with van der Waals surface area (Å²) in [6, 6.07) is 12.3. The Balaban J connectivity index is 2.16. The molecule has 0 aromatic heterocycles. The second-order valence-electron chi connectivity index (χ2n) is 4.13. The molecule has 0 radical (unpaired) electrons. The summed E-state index contributed by atoms with van der Waals surface area (Å²) in [4.78, 5) is 0. The van der Waals surface area contributed by atoms with Crippen molar-refractivity contribution in [3.05, 3.63) is 63.1 Å². The van der Waals surface area contributed by atoms with Crippen LogP contribution >= 0.6 is 23.2 Å². The van der Waals surface area contributed by atoms with Gasteiger partial charge in [0.1, 0.15) is 12.4 Å². The van der Waals surface area contributed by atoms with Crippen molar-refractivity contribution >= 4 is 23.2 Å². The van der Waals surface area contributed by atoms with E-state index in [1.807, 2.05) is 0 Å². The highest BCUT2D eigenvalue weighted by atomic mass is 35.5. The normalized spacial score (nSPS) is 10.1. The van der Waals surface area contributed by atoms with E-state index in [-0.39, 0.29) is 6.61 Å². The summed E-state index contributed by atoms with van der Waals surface area (Å²) in [5.74, 6) is 0.419. The molecule has 20 heavy (non-hydrogen) atoms. The Kier molecular flexibility index (Phi) is 4.86. The molecule has 0 saturated heterocycles. The van der Waals surface area contributed by atoms with Crippen LogP contribution < -0.4 is 4.74 Å². The summed E-state index contributed by atoms with van der Waals surface area (Å²) in [7, 11) is 0. The van der Waals surface area contributed by atoms with Gasteiger partial charge < -0.3 is 9.84 Å². The fraction of sp³-hybridized carbons (Fsp3) is 0.133. The lowest BCUT2D eigenvalue weighted by Gasteiger charge is -2.12. The van der Waals surface area contributed by atoms with Crippen LogP contribution in [0.3, 0.4) is 0 Å². The molecular weight excluding hydrogens is 297 g/mol. The molecule has 0 fully saturated rings. The minimum Gasteiger partial charge on any atom is -0.487 e. The van der Waals surface area contributed by atoms with E-state index in [0.29, 0.717) is 33.5 Å². The van der Waals surface area contributed by atoms with Gasteiger partial charge in [-0.3, -0.25) is 0 Å². The van der Waals surface area contributed by atoms with Gasteiger partial charge in [0.25, 0.3) is 0 Å². The monoisotopic (exact) mass is 307 g/mol. The summed E-state index contributed by atoms with van der Waals surface area (Å²) in [5.41, 5.74) is 2.03. The molecule has 2 rings (SSSR count). The summed E-state index contributed by atoms with van der Waals surface area (Å²) < 4.78 is 5.64. The quantitative estimate of drug-likeness (QED) is 0.931. The molecule has 3 nitrogen and oxygen atoms in total. The van der Waals surface area contributed by atoms with E-state index in [1.54, 1.807) is 36.4 Å². The fourth-order valence-corrected chi connectivity index (χ4v) is 2.31. The van der Waals surface area contributed by atoms with E-state index in [0.717, 1.165) is 5.56 Å². The molecular formula is C15H11Cl2NO2. The first kappa shape index (κ1) is 14.7. The molecule has 1 N–H and O–H groups in total. The van der Waals surface area contributed by atoms with E-state index in [2.05, 4.69) is 6.07 Å². The molecule has 0 saturated carbocycles. The number of aliphatic hydroxyl groups is 1. The van der Waals surface area contributed by atoms with Gasteiger partial charge in [-0.15, -0.1) is 0 Å². The van der Waals surface area contributed by atoms with Crippen molar-refractivity contribution in [2.45, 2.75) is 13.2 Å². The molecule has 0 atom stereocenters. The predicted octanol–water partition coefficient (Wildman–Crippen LogP) is 3.94.